The second kappa shape index (κ2) is 10.1. The van der Waals surface area contributed by atoms with Crippen molar-refractivity contribution in [3.8, 4) is 5.75 Å². The van der Waals surface area contributed by atoms with Crippen LogP contribution in [0.15, 0.2) is 66.7 Å². The van der Waals surface area contributed by atoms with E-state index >= 15 is 0 Å². The van der Waals surface area contributed by atoms with Crippen LogP contribution in [0.1, 0.15) is 5.82 Å². The number of hydrogen-bond donors (Lipinski definition) is 2. The number of ether oxygens (including phenoxy) is 1. The number of imidazole rings is 1. The van der Waals surface area contributed by atoms with Gasteiger partial charge in [0.1, 0.15) is 24.7 Å². The number of carbonyl (C=O) groups excluding carboxylic acids is 2. The number of nitrogens with zero attached hydrogens (tertiary/aromatic N) is 2. The fraction of sp³-hybridized carbons (Fsp3) is 0.125. The summed E-state index contributed by atoms with van der Waals surface area (Å²) in [6, 6.07) is 18.0. The fourth-order valence-corrected chi connectivity index (χ4v) is 3.27. The quantitative estimate of drug-likeness (QED) is 0.386. The molecule has 0 saturated carbocycles. The molecule has 0 aliphatic heterocycles. The van der Waals surface area contributed by atoms with Crippen LogP contribution in [0, 0.1) is 17.5 Å². The Bertz CT molecular complexity index is 1340. The van der Waals surface area contributed by atoms with Crippen LogP contribution in [-0.4, -0.2) is 27.9 Å². The minimum atomic E-state index is -1.70. The van der Waals surface area contributed by atoms with Crippen molar-refractivity contribution in [1.29, 1.82) is 0 Å². The third-order valence-electron chi connectivity index (χ3n) is 4.90. The SMILES string of the molecule is O=C(Cn1c(COc2ccccc2)nc2ccccc21)NCC(=O)Nc1ccc(F)c(F)c1F. The van der Waals surface area contributed by atoms with Gasteiger partial charge in [0.05, 0.1) is 23.3 Å². The molecule has 10 heteroatoms. The Morgan fingerprint density at radius 3 is 2.41 bits per heavy atom. The summed E-state index contributed by atoms with van der Waals surface area (Å²) >= 11 is 0. The topological polar surface area (TPSA) is 85.2 Å². The number of nitrogens with one attached hydrogen (secondary N) is 2. The Balaban J connectivity index is 1.41. The standard InChI is InChI=1S/C24H19F3N4O3/c25-16-10-11-18(24(27)23(16)26)30-21(32)12-28-22(33)13-31-19-9-5-4-8-17(19)29-20(31)14-34-15-6-2-1-3-7-15/h1-11H,12-14H2,(H,28,33)(H,30,32). The highest BCUT2D eigenvalue weighted by Crippen LogP contribution is 2.20. The van der Waals surface area contributed by atoms with Gasteiger partial charge in [0.25, 0.3) is 0 Å². The summed E-state index contributed by atoms with van der Waals surface area (Å²) in [4.78, 5) is 29.1. The first-order valence-corrected chi connectivity index (χ1v) is 10.2. The van der Waals surface area contributed by atoms with Crippen molar-refractivity contribution in [2.45, 2.75) is 13.2 Å². The van der Waals surface area contributed by atoms with Crippen LogP contribution in [0.4, 0.5) is 18.9 Å². The fourth-order valence-electron chi connectivity index (χ4n) is 3.27. The Labute approximate surface area is 192 Å². The lowest BCUT2D eigenvalue weighted by molar-refractivity contribution is -0.124. The smallest absolute Gasteiger partial charge is 0.243 e. The van der Waals surface area contributed by atoms with E-state index in [1.807, 2.05) is 30.3 Å². The van der Waals surface area contributed by atoms with Crippen LogP contribution in [-0.2, 0) is 22.7 Å². The maximum atomic E-state index is 13.7. The van der Waals surface area contributed by atoms with E-state index in [1.165, 1.54) is 0 Å². The molecule has 3 aromatic carbocycles. The molecule has 1 heterocycles. The van der Waals surface area contributed by atoms with Crippen LogP contribution < -0.4 is 15.4 Å². The Morgan fingerprint density at radius 1 is 0.882 bits per heavy atom. The lowest BCUT2D eigenvalue weighted by Gasteiger charge is -2.11. The predicted molar refractivity (Wildman–Crippen MR) is 118 cm³/mol. The molecule has 7 nitrogen and oxygen atoms in total. The van der Waals surface area contributed by atoms with Gasteiger partial charge in [0.15, 0.2) is 17.5 Å². The summed E-state index contributed by atoms with van der Waals surface area (Å²) in [5.41, 5.74) is 0.852. The third kappa shape index (κ3) is 5.17. The van der Waals surface area contributed by atoms with Crippen molar-refractivity contribution < 1.29 is 27.5 Å². The largest absolute Gasteiger partial charge is 0.486 e. The van der Waals surface area contributed by atoms with Crippen molar-refractivity contribution in [2.75, 3.05) is 11.9 Å². The van der Waals surface area contributed by atoms with Gasteiger partial charge in [-0.1, -0.05) is 30.3 Å². The van der Waals surface area contributed by atoms with Gasteiger partial charge in [-0.25, -0.2) is 18.2 Å². The Hall–Kier alpha value is -4.34. The van der Waals surface area contributed by atoms with Gasteiger partial charge in [-0.3, -0.25) is 9.59 Å². The molecule has 0 bridgehead atoms. The number of aromatic nitrogens is 2. The van der Waals surface area contributed by atoms with Crippen molar-refractivity contribution >= 4 is 28.5 Å². The number of amides is 2. The number of hydrogen-bond acceptors (Lipinski definition) is 4. The first-order valence-electron chi connectivity index (χ1n) is 10.2. The van der Waals surface area contributed by atoms with Crippen LogP contribution in [0.2, 0.25) is 0 Å². The van der Waals surface area contributed by atoms with E-state index in [1.54, 1.807) is 28.8 Å². The van der Waals surface area contributed by atoms with Crippen LogP contribution in [0.5, 0.6) is 5.75 Å². The van der Waals surface area contributed by atoms with E-state index in [9.17, 15) is 22.8 Å². The first kappa shape index (κ1) is 22.8. The molecule has 0 aliphatic rings. The van der Waals surface area contributed by atoms with E-state index in [-0.39, 0.29) is 13.2 Å². The third-order valence-corrected chi connectivity index (χ3v) is 4.90. The summed E-state index contributed by atoms with van der Waals surface area (Å²) in [6.07, 6.45) is 0. The molecular weight excluding hydrogens is 449 g/mol. The molecule has 2 amide bonds. The lowest BCUT2D eigenvalue weighted by atomic mass is 10.2. The van der Waals surface area contributed by atoms with Crippen molar-refractivity contribution in [1.82, 2.24) is 14.9 Å². The van der Waals surface area contributed by atoms with Gasteiger partial charge in [-0.2, -0.15) is 0 Å². The van der Waals surface area contributed by atoms with Gasteiger partial charge in [-0.05, 0) is 36.4 Å². The minimum Gasteiger partial charge on any atom is -0.486 e. The number of rotatable bonds is 8. The number of halogens is 3. The molecular formula is C24H19F3N4O3. The lowest BCUT2D eigenvalue weighted by Crippen LogP contribution is -2.35. The van der Waals surface area contributed by atoms with Crippen molar-refractivity contribution in [2.24, 2.45) is 0 Å². The van der Waals surface area contributed by atoms with Crippen LogP contribution in [0.3, 0.4) is 0 Å². The van der Waals surface area contributed by atoms with Gasteiger partial charge in [-0.15, -0.1) is 0 Å². The van der Waals surface area contributed by atoms with Crippen molar-refractivity contribution in [3.63, 3.8) is 0 Å². The molecule has 4 rings (SSSR count). The maximum Gasteiger partial charge on any atom is 0.243 e. The number of para-hydroxylation sites is 3. The maximum absolute atomic E-state index is 13.7. The molecule has 34 heavy (non-hydrogen) atoms. The van der Waals surface area contributed by atoms with Gasteiger partial charge < -0.3 is 19.9 Å². The molecule has 0 radical (unpaired) electrons. The summed E-state index contributed by atoms with van der Waals surface area (Å²) in [5.74, 6) is -4.75. The Morgan fingerprint density at radius 2 is 1.62 bits per heavy atom. The average Bonchev–Trinajstić information content (AvgIpc) is 3.19. The monoisotopic (exact) mass is 468 g/mol. The highest BCUT2D eigenvalue weighted by atomic mass is 19.2. The summed E-state index contributed by atoms with van der Waals surface area (Å²) in [7, 11) is 0. The first-order chi connectivity index (χ1) is 16.4. The normalized spacial score (nSPS) is 10.8. The zero-order valence-corrected chi connectivity index (χ0v) is 17.7. The molecule has 2 N–H and O–H groups in total. The van der Waals surface area contributed by atoms with Gasteiger partial charge in [0.2, 0.25) is 11.8 Å². The summed E-state index contributed by atoms with van der Waals surface area (Å²) in [5, 5.41) is 4.52. The predicted octanol–water partition coefficient (Wildman–Crippen LogP) is 3.79. The number of anilines is 1. The van der Waals surface area contributed by atoms with Crippen molar-refractivity contribution in [3.05, 3.63) is 90.0 Å². The highest BCUT2D eigenvalue weighted by Gasteiger charge is 2.17. The van der Waals surface area contributed by atoms with E-state index in [2.05, 4.69) is 15.6 Å². The van der Waals surface area contributed by atoms with E-state index in [4.69, 9.17) is 4.74 Å². The number of benzene rings is 3. The minimum absolute atomic E-state index is 0.113. The highest BCUT2D eigenvalue weighted by molar-refractivity contribution is 5.94. The number of fused-ring (bicyclic) bond motifs is 1. The molecule has 0 fully saturated rings. The zero-order valence-electron chi connectivity index (χ0n) is 17.7. The summed E-state index contributed by atoms with van der Waals surface area (Å²) < 4.78 is 47.5. The van der Waals surface area contributed by atoms with Gasteiger partial charge in [0, 0.05) is 0 Å². The van der Waals surface area contributed by atoms with Crippen LogP contribution >= 0.6 is 0 Å². The average molecular weight is 468 g/mol. The van der Waals surface area contributed by atoms with E-state index < -0.39 is 41.5 Å². The molecule has 0 aliphatic carbocycles. The summed E-state index contributed by atoms with van der Waals surface area (Å²) in [6.45, 7) is -0.539. The molecule has 0 unspecified atom stereocenters. The van der Waals surface area contributed by atoms with Gasteiger partial charge >= 0.3 is 0 Å². The van der Waals surface area contributed by atoms with E-state index in [0.29, 0.717) is 28.7 Å². The zero-order chi connectivity index (χ0) is 24.1. The number of carbonyl (C=O) groups is 2. The molecule has 0 saturated heterocycles. The molecule has 0 atom stereocenters. The molecule has 174 valence electrons. The molecule has 0 spiro atoms. The van der Waals surface area contributed by atoms with Crippen LogP contribution in [0.25, 0.3) is 11.0 Å². The Kier molecular flexibility index (Phi) is 6.77. The molecule has 4 aromatic rings. The second-order valence-corrected chi connectivity index (χ2v) is 7.25. The van der Waals surface area contributed by atoms with E-state index in [0.717, 1.165) is 6.07 Å². The second-order valence-electron chi connectivity index (χ2n) is 7.25. The molecule has 1 aromatic heterocycles.